The first-order chi connectivity index (χ1) is 13.7. The molecule has 1 amide bonds. The van der Waals surface area contributed by atoms with Gasteiger partial charge in [-0.3, -0.25) is 4.79 Å². The lowest BCUT2D eigenvalue weighted by atomic mass is 10.3. The van der Waals surface area contributed by atoms with Crippen molar-refractivity contribution < 1.29 is 14.3 Å². The number of fused-ring (bicyclic) bond motifs is 1. The SMILES string of the molecule is COc1cc2sc(=NC(=O)CSc3ccccc3)n(CCSC)c2cc1OC. The first-order valence-corrected chi connectivity index (χ1v) is 11.9. The summed E-state index contributed by atoms with van der Waals surface area (Å²) in [5.74, 6) is 2.44. The van der Waals surface area contributed by atoms with Gasteiger partial charge in [0.1, 0.15) is 0 Å². The highest BCUT2D eigenvalue weighted by atomic mass is 32.2. The van der Waals surface area contributed by atoms with E-state index in [0.29, 0.717) is 22.1 Å². The first kappa shape index (κ1) is 20.8. The topological polar surface area (TPSA) is 52.8 Å². The van der Waals surface area contributed by atoms with Crippen LogP contribution in [0, 0.1) is 0 Å². The van der Waals surface area contributed by atoms with E-state index in [4.69, 9.17) is 9.47 Å². The highest BCUT2D eigenvalue weighted by molar-refractivity contribution is 8.00. The predicted octanol–water partition coefficient (Wildman–Crippen LogP) is 4.30. The van der Waals surface area contributed by atoms with E-state index < -0.39 is 0 Å². The molecule has 3 rings (SSSR count). The number of methoxy groups -OCH3 is 2. The van der Waals surface area contributed by atoms with Crippen molar-refractivity contribution in [3.8, 4) is 11.5 Å². The summed E-state index contributed by atoms with van der Waals surface area (Å²) in [7, 11) is 3.24. The largest absolute Gasteiger partial charge is 0.493 e. The number of aromatic nitrogens is 1. The molecule has 8 heteroatoms. The van der Waals surface area contributed by atoms with Crippen molar-refractivity contribution in [1.29, 1.82) is 0 Å². The van der Waals surface area contributed by atoms with Crippen molar-refractivity contribution in [3.63, 3.8) is 0 Å². The molecular weight excluding hydrogens is 412 g/mol. The van der Waals surface area contributed by atoms with Gasteiger partial charge in [0.05, 0.1) is 30.2 Å². The van der Waals surface area contributed by atoms with Crippen LogP contribution >= 0.6 is 34.9 Å². The Bertz CT molecular complexity index is 1010. The second-order valence-electron chi connectivity index (χ2n) is 5.81. The highest BCUT2D eigenvalue weighted by Gasteiger charge is 2.13. The van der Waals surface area contributed by atoms with Gasteiger partial charge in [-0.25, -0.2) is 0 Å². The number of hydrogen-bond donors (Lipinski definition) is 0. The number of hydrogen-bond acceptors (Lipinski definition) is 6. The molecule has 0 aliphatic rings. The molecule has 0 atom stereocenters. The summed E-state index contributed by atoms with van der Waals surface area (Å²) < 4.78 is 14.0. The first-order valence-electron chi connectivity index (χ1n) is 8.66. The minimum atomic E-state index is -0.141. The van der Waals surface area contributed by atoms with Gasteiger partial charge in [-0.05, 0) is 18.4 Å². The fourth-order valence-corrected chi connectivity index (χ4v) is 4.83. The lowest BCUT2D eigenvalue weighted by Crippen LogP contribution is -2.18. The van der Waals surface area contributed by atoms with E-state index in [1.54, 1.807) is 26.0 Å². The summed E-state index contributed by atoms with van der Waals surface area (Å²) in [6.07, 6.45) is 2.07. The van der Waals surface area contributed by atoms with Crippen LogP contribution in [-0.4, -0.2) is 42.5 Å². The zero-order valence-electron chi connectivity index (χ0n) is 16.0. The van der Waals surface area contributed by atoms with Crippen LogP contribution in [0.2, 0.25) is 0 Å². The van der Waals surface area contributed by atoms with Crippen LogP contribution in [0.4, 0.5) is 0 Å². The molecule has 0 fully saturated rings. The average Bonchev–Trinajstić information content (AvgIpc) is 3.05. The molecule has 0 aliphatic carbocycles. The van der Waals surface area contributed by atoms with Crippen LogP contribution in [0.3, 0.4) is 0 Å². The van der Waals surface area contributed by atoms with E-state index >= 15 is 0 Å². The van der Waals surface area contributed by atoms with Gasteiger partial charge >= 0.3 is 0 Å². The van der Waals surface area contributed by atoms with Crippen LogP contribution in [0.15, 0.2) is 52.4 Å². The van der Waals surface area contributed by atoms with E-state index in [9.17, 15) is 4.79 Å². The summed E-state index contributed by atoms with van der Waals surface area (Å²) in [4.78, 5) is 18.7. The van der Waals surface area contributed by atoms with Crippen LogP contribution in [0.1, 0.15) is 0 Å². The molecule has 0 spiro atoms. The Hall–Kier alpha value is -1.90. The molecule has 3 aromatic rings. The average molecular weight is 435 g/mol. The third-order valence-corrected chi connectivity index (χ3v) is 6.66. The Kier molecular flexibility index (Phi) is 7.47. The molecule has 148 valence electrons. The summed E-state index contributed by atoms with van der Waals surface area (Å²) in [5, 5.41) is 0. The molecule has 0 saturated heterocycles. The maximum atomic E-state index is 12.5. The van der Waals surface area contributed by atoms with Crippen molar-refractivity contribution in [1.82, 2.24) is 4.57 Å². The van der Waals surface area contributed by atoms with Gasteiger partial charge in [0.25, 0.3) is 5.91 Å². The summed E-state index contributed by atoms with van der Waals surface area (Å²) in [6.45, 7) is 0.772. The van der Waals surface area contributed by atoms with Crippen molar-refractivity contribution in [2.45, 2.75) is 11.4 Å². The lowest BCUT2D eigenvalue weighted by Gasteiger charge is -2.09. The molecule has 0 aliphatic heterocycles. The maximum Gasteiger partial charge on any atom is 0.258 e. The molecule has 5 nitrogen and oxygen atoms in total. The summed E-state index contributed by atoms with van der Waals surface area (Å²) >= 11 is 4.75. The van der Waals surface area contributed by atoms with E-state index in [1.807, 2.05) is 42.5 Å². The van der Waals surface area contributed by atoms with E-state index in [0.717, 1.165) is 27.4 Å². The van der Waals surface area contributed by atoms with Crippen molar-refractivity contribution in [2.24, 2.45) is 4.99 Å². The number of thioether (sulfide) groups is 2. The summed E-state index contributed by atoms with van der Waals surface area (Å²) in [6, 6.07) is 13.8. The van der Waals surface area contributed by atoms with Crippen LogP contribution in [0.5, 0.6) is 11.5 Å². The Balaban J connectivity index is 1.95. The number of carbonyl (C=O) groups is 1. The Morgan fingerprint density at radius 2 is 1.86 bits per heavy atom. The van der Waals surface area contributed by atoms with Crippen LogP contribution in [-0.2, 0) is 11.3 Å². The quantitative estimate of drug-likeness (QED) is 0.495. The van der Waals surface area contributed by atoms with Gasteiger partial charge in [-0.1, -0.05) is 29.5 Å². The van der Waals surface area contributed by atoms with Gasteiger partial charge in [0, 0.05) is 29.3 Å². The van der Waals surface area contributed by atoms with Gasteiger partial charge in [0.15, 0.2) is 16.3 Å². The van der Waals surface area contributed by atoms with E-state index in [2.05, 4.69) is 15.8 Å². The molecule has 0 radical (unpaired) electrons. The number of rotatable bonds is 8. The molecule has 0 N–H and O–H groups in total. The smallest absolute Gasteiger partial charge is 0.258 e. The third-order valence-electron chi connectivity index (χ3n) is 4.03. The van der Waals surface area contributed by atoms with Gasteiger partial charge in [-0.15, -0.1) is 11.8 Å². The number of ether oxygens (including phenoxy) is 2. The number of nitrogens with zero attached hydrogens (tertiary/aromatic N) is 2. The zero-order chi connectivity index (χ0) is 19.9. The Morgan fingerprint density at radius 1 is 1.14 bits per heavy atom. The van der Waals surface area contributed by atoms with Crippen LogP contribution < -0.4 is 14.3 Å². The number of carbonyl (C=O) groups excluding carboxylic acids is 1. The molecule has 0 unspecified atom stereocenters. The number of aryl methyl sites for hydroxylation is 1. The second-order valence-corrected chi connectivity index (χ2v) is 8.85. The normalized spacial score (nSPS) is 11.8. The number of amides is 1. The molecule has 28 heavy (non-hydrogen) atoms. The van der Waals surface area contributed by atoms with Crippen molar-refractivity contribution in [2.75, 3.05) is 32.0 Å². The monoisotopic (exact) mass is 434 g/mol. The lowest BCUT2D eigenvalue weighted by molar-refractivity contribution is -0.115. The molecule has 1 heterocycles. The molecule has 0 bridgehead atoms. The maximum absolute atomic E-state index is 12.5. The minimum absolute atomic E-state index is 0.141. The van der Waals surface area contributed by atoms with E-state index in [-0.39, 0.29) is 5.91 Å². The molecule has 2 aromatic carbocycles. The minimum Gasteiger partial charge on any atom is -0.493 e. The summed E-state index contributed by atoms with van der Waals surface area (Å²) in [5.41, 5.74) is 0.999. The molecular formula is C20H22N2O3S3. The Labute approximate surface area is 176 Å². The van der Waals surface area contributed by atoms with Gasteiger partial charge in [0.2, 0.25) is 0 Å². The highest BCUT2D eigenvalue weighted by Crippen LogP contribution is 2.33. The second kappa shape index (κ2) is 10.0. The number of thiazole rings is 1. The molecule has 1 aromatic heterocycles. The van der Waals surface area contributed by atoms with Crippen molar-refractivity contribution in [3.05, 3.63) is 47.3 Å². The van der Waals surface area contributed by atoms with Gasteiger partial charge in [-0.2, -0.15) is 16.8 Å². The van der Waals surface area contributed by atoms with Crippen molar-refractivity contribution >= 4 is 51.0 Å². The third kappa shape index (κ3) is 4.92. The standard InChI is InChI=1S/C20H22N2O3S3/c1-24-16-11-15-18(12-17(16)25-2)28-20(22(15)9-10-26-3)21-19(23)13-27-14-7-5-4-6-8-14/h4-8,11-12H,9-10,13H2,1-3H3. The molecule has 0 saturated carbocycles. The van der Waals surface area contributed by atoms with Crippen LogP contribution in [0.25, 0.3) is 10.2 Å². The van der Waals surface area contributed by atoms with Gasteiger partial charge < -0.3 is 14.0 Å². The number of benzene rings is 2. The fourth-order valence-electron chi connectivity index (χ4n) is 2.68. The zero-order valence-corrected chi connectivity index (χ0v) is 18.5. The fraction of sp³-hybridized carbons (Fsp3) is 0.300. The Morgan fingerprint density at radius 3 is 2.54 bits per heavy atom. The predicted molar refractivity (Wildman–Crippen MR) is 119 cm³/mol. The van der Waals surface area contributed by atoms with E-state index in [1.165, 1.54) is 23.1 Å².